The van der Waals surface area contributed by atoms with Crippen molar-refractivity contribution in [3.63, 3.8) is 0 Å². The van der Waals surface area contributed by atoms with Crippen LogP contribution in [-0.4, -0.2) is 26.2 Å². The molecule has 2 aromatic carbocycles. The minimum atomic E-state index is -4.58. The summed E-state index contributed by atoms with van der Waals surface area (Å²) in [6.07, 6.45) is 1.58. The number of alkyl halides is 3. The van der Waals surface area contributed by atoms with Gasteiger partial charge in [-0.25, -0.2) is 0 Å². The zero-order chi connectivity index (χ0) is 23.0. The minimum Gasteiger partial charge on any atom is -0.490 e. The monoisotopic (exact) mass is 441 g/mol. The van der Waals surface area contributed by atoms with Gasteiger partial charge in [-0.2, -0.15) is 18.4 Å². The Bertz CT molecular complexity index is 1000. The summed E-state index contributed by atoms with van der Waals surface area (Å²) in [7, 11) is 0. The molecule has 0 saturated carbocycles. The van der Waals surface area contributed by atoms with E-state index in [0.717, 1.165) is 43.2 Å². The molecule has 0 aromatic heterocycles. The summed E-state index contributed by atoms with van der Waals surface area (Å²) in [4.78, 5) is 0. The highest BCUT2D eigenvalue weighted by molar-refractivity contribution is 5.71. The highest BCUT2D eigenvalue weighted by Crippen LogP contribution is 2.33. The fraction of sp³-hybridized carbons (Fsp3) is 0.320. The van der Waals surface area contributed by atoms with Gasteiger partial charge in [0.25, 0.3) is 0 Å². The third kappa shape index (κ3) is 6.71. The largest absolute Gasteiger partial charge is 0.490 e. The zero-order valence-electron chi connectivity index (χ0n) is 17.7. The summed E-state index contributed by atoms with van der Waals surface area (Å²) in [5, 5.41) is 15.8. The van der Waals surface area contributed by atoms with Crippen LogP contribution in [-0.2, 0) is 12.7 Å². The topological polar surface area (TPSA) is 57.1 Å². The molecule has 0 radical (unpaired) electrons. The standard InChI is InChI=1S/C25H26F3N3O/c1-2-9-32-23-11-19(10-21(12-23)17-31-16-20-7-8-30-15-20)4-3-18-5-6-22(14-29)24(13-18)25(26,27)28/h2-6,10-13,20,30-31H,1,7-9,15-17H2/b4-3+. The Morgan fingerprint density at radius 3 is 2.69 bits per heavy atom. The number of halogens is 3. The number of hydrogen-bond acceptors (Lipinski definition) is 4. The van der Waals surface area contributed by atoms with Gasteiger partial charge in [-0.1, -0.05) is 36.9 Å². The molecule has 0 amide bonds. The molecular weight excluding hydrogens is 415 g/mol. The zero-order valence-corrected chi connectivity index (χ0v) is 17.7. The SMILES string of the molecule is C=CCOc1cc(/C=C/c2ccc(C#N)c(C(F)(F)F)c2)cc(CNCC2CCNC2)c1. The number of hydrogen-bond donors (Lipinski definition) is 2. The van der Waals surface area contributed by atoms with Crippen molar-refractivity contribution >= 4 is 12.2 Å². The number of ether oxygens (including phenoxy) is 1. The van der Waals surface area contributed by atoms with Gasteiger partial charge in [-0.05, 0) is 72.9 Å². The van der Waals surface area contributed by atoms with Crippen LogP contribution >= 0.6 is 0 Å². The van der Waals surface area contributed by atoms with E-state index in [2.05, 4.69) is 17.2 Å². The number of nitriles is 1. The molecule has 1 heterocycles. The van der Waals surface area contributed by atoms with Gasteiger partial charge in [0, 0.05) is 6.54 Å². The number of nitrogens with one attached hydrogen (secondary N) is 2. The molecule has 7 heteroatoms. The highest BCUT2D eigenvalue weighted by atomic mass is 19.4. The van der Waals surface area contributed by atoms with Crippen molar-refractivity contribution in [3.05, 3.63) is 76.9 Å². The lowest BCUT2D eigenvalue weighted by molar-refractivity contribution is -0.137. The molecule has 2 aromatic rings. The smallest absolute Gasteiger partial charge is 0.417 e. The van der Waals surface area contributed by atoms with Gasteiger partial charge in [0.15, 0.2) is 0 Å². The molecule has 0 bridgehead atoms. The minimum absolute atomic E-state index is 0.359. The van der Waals surface area contributed by atoms with Gasteiger partial charge in [-0.3, -0.25) is 0 Å². The molecule has 1 fully saturated rings. The molecule has 1 saturated heterocycles. The molecule has 4 nitrogen and oxygen atoms in total. The van der Waals surface area contributed by atoms with Gasteiger partial charge in [0.2, 0.25) is 0 Å². The van der Waals surface area contributed by atoms with E-state index in [-0.39, 0.29) is 5.56 Å². The molecular formula is C25H26F3N3O. The highest BCUT2D eigenvalue weighted by Gasteiger charge is 2.33. The van der Waals surface area contributed by atoms with E-state index < -0.39 is 11.7 Å². The van der Waals surface area contributed by atoms with Crippen molar-refractivity contribution in [1.29, 1.82) is 5.26 Å². The van der Waals surface area contributed by atoms with E-state index >= 15 is 0 Å². The van der Waals surface area contributed by atoms with Crippen LogP contribution in [0.2, 0.25) is 0 Å². The van der Waals surface area contributed by atoms with Gasteiger partial charge in [-0.15, -0.1) is 0 Å². The van der Waals surface area contributed by atoms with Crippen LogP contribution in [0.4, 0.5) is 13.2 Å². The van der Waals surface area contributed by atoms with Gasteiger partial charge >= 0.3 is 6.18 Å². The van der Waals surface area contributed by atoms with Crippen LogP contribution in [0.3, 0.4) is 0 Å². The number of benzene rings is 2. The fourth-order valence-corrected chi connectivity index (χ4v) is 3.62. The Hall–Kier alpha value is -3.08. The molecule has 2 N–H and O–H groups in total. The third-order valence-corrected chi connectivity index (χ3v) is 5.22. The second-order valence-electron chi connectivity index (χ2n) is 7.75. The van der Waals surface area contributed by atoms with Crippen molar-refractivity contribution in [2.45, 2.75) is 19.1 Å². The lowest BCUT2D eigenvalue weighted by Crippen LogP contribution is -2.24. The van der Waals surface area contributed by atoms with Crippen LogP contribution in [0, 0.1) is 17.2 Å². The van der Waals surface area contributed by atoms with Crippen molar-refractivity contribution < 1.29 is 17.9 Å². The van der Waals surface area contributed by atoms with Crippen molar-refractivity contribution in [2.24, 2.45) is 5.92 Å². The van der Waals surface area contributed by atoms with Crippen LogP contribution in [0.1, 0.15) is 34.2 Å². The Labute approximate surface area is 186 Å². The summed E-state index contributed by atoms with van der Waals surface area (Å²) >= 11 is 0. The molecule has 168 valence electrons. The first-order valence-corrected chi connectivity index (χ1v) is 10.5. The lowest BCUT2D eigenvalue weighted by atomic mass is 10.0. The molecule has 32 heavy (non-hydrogen) atoms. The first-order valence-electron chi connectivity index (χ1n) is 10.5. The Kier molecular flexibility index (Phi) is 8.09. The summed E-state index contributed by atoms with van der Waals surface area (Å²) in [6, 6.07) is 11.0. The van der Waals surface area contributed by atoms with Crippen molar-refractivity contribution in [3.8, 4) is 11.8 Å². The van der Waals surface area contributed by atoms with Gasteiger partial charge in [0.05, 0.1) is 17.2 Å². The maximum Gasteiger partial charge on any atom is 0.417 e. The Morgan fingerprint density at radius 1 is 1.19 bits per heavy atom. The average Bonchev–Trinajstić information content (AvgIpc) is 3.29. The maximum absolute atomic E-state index is 13.2. The second kappa shape index (κ2) is 11.0. The number of rotatable bonds is 9. The summed E-state index contributed by atoms with van der Waals surface area (Å²) in [5.41, 5.74) is 0.871. The normalized spacial score (nSPS) is 16.2. The molecule has 1 unspecified atom stereocenters. The third-order valence-electron chi connectivity index (χ3n) is 5.22. The summed E-state index contributed by atoms with van der Waals surface area (Å²) in [6.45, 7) is 7.68. The summed E-state index contributed by atoms with van der Waals surface area (Å²) in [5.74, 6) is 1.29. The van der Waals surface area contributed by atoms with Crippen molar-refractivity contribution in [1.82, 2.24) is 10.6 Å². The maximum atomic E-state index is 13.2. The van der Waals surface area contributed by atoms with E-state index in [9.17, 15) is 13.2 Å². The first kappa shape index (κ1) is 23.6. The van der Waals surface area contributed by atoms with Crippen LogP contribution in [0.15, 0.2) is 49.1 Å². The molecule has 0 aliphatic carbocycles. The molecule has 1 aliphatic rings. The van der Waals surface area contributed by atoms with Gasteiger partial charge in [0.1, 0.15) is 12.4 Å². The molecule has 1 aliphatic heterocycles. The van der Waals surface area contributed by atoms with Crippen molar-refractivity contribution in [2.75, 3.05) is 26.2 Å². The Balaban J connectivity index is 1.78. The van der Waals surface area contributed by atoms with E-state index in [0.29, 0.717) is 30.4 Å². The molecule has 0 spiro atoms. The van der Waals surface area contributed by atoms with Gasteiger partial charge < -0.3 is 15.4 Å². The van der Waals surface area contributed by atoms with Crippen LogP contribution < -0.4 is 15.4 Å². The van der Waals surface area contributed by atoms with E-state index in [4.69, 9.17) is 10.00 Å². The predicted octanol–water partition coefficient (Wildman–Crippen LogP) is 5.01. The molecule has 1 atom stereocenters. The predicted molar refractivity (Wildman–Crippen MR) is 120 cm³/mol. The summed E-state index contributed by atoms with van der Waals surface area (Å²) < 4.78 is 45.4. The fourth-order valence-electron chi connectivity index (χ4n) is 3.62. The Morgan fingerprint density at radius 2 is 2.00 bits per heavy atom. The second-order valence-corrected chi connectivity index (χ2v) is 7.75. The molecule has 3 rings (SSSR count). The van der Waals surface area contributed by atoms with Crippen LogP contribution in [0.5, 0.6) is 5.75 Å². The van der Waals surface area contributed by atoms with E-state index in [1.165, 1.54) is 12.1 Å². The van der Waals surface area contributed by atoms with E-state index in [1.807, 2.05) is 18.2 Å². The van der Waals surface area contributed by atoms with E-state index in [1.54, 1.807) is 24.3 Å². The first-order chi connectivity index (χ1) is 15.4. The average molecular weight is 441 g/mol. The van der Waals surface area contributed by atoms with Crippen LogP contribution in [0.25, 0.3) is 12.2 Å². The number of nitrogens with zero attached hydrogens (tertiary/aromatic N) is 1. The lowest BCUT2D eigenvalue weighted by Gasteiger charge is -2.12. The quantitative estimate of drug-likeness (QED) is 0.424.